The lowest BCUT2D eigenvalue weighted by atomic mass is 10.1. The monoisotopic (exact) mass is 610 g/mol. The summed E-state index contributed by atoms with van der Waals surface area (Å²) in [5.41, 5.74) is 17.0. The number of benzene rings is 1. The normalized spacial score (nSPS) is 14.1. The minimum absolute atomic E-state index is 0.0589. The van der Waals surface area contributed by atoms with Crippen LogP contribution in [0.3, 0.4) is 0 Å². The molecule has 0 heterocycles. The van der Waals surface area contributed by atoms with Crippen LogP contribution in [0.25, 0.3) is 0 Å². The number of nitrogens with zero attached hydrogens (tertiary/aromatic N) is 1. The molecule has 43 heavy (non-hydrogen) atoms. The van der Waals surface area contributed by atoms with E-state index in [0.717, 1.165) is 5.56 Å². The molecule has 4 amide bonds. The lowest BCUT2D eigenvalue weighted by Gasteiger charge is -2.24. The highest BCUT2D eigenvalue weighted by Crippen LogP contribution is 2.04. The molecule has 18 nitrogen and oxygen atoms in total. The maximum atomic E-state index is 12.8. The standard InChI is InChI=1S/C25H38N8O10/c26-14(9-13-5-2-1-3-6-13)20(38)32-17(11-34)23(41)33-18(12-35)22(40)31-16(10-19(36)37)21(39)30-15(24(42)43)7-4-8-29-25(27)28/h1-3,5-6,14-18,34-35H,4,7-12,26H2,(H,30,39)(H,31,40)(H,32,38)(H,33,41)(H,36,37)(H,42,43)(H4,27,28,29)/t14-,15-,16-,17-,18-/m0/s1. The number of aliphatic hydroxyl groups is 2. The van der Waals surface area contributed by atoms with E-state index in [4.69, 9.17) is 17.2 Å². The summed E-state index contributed by atoms with van der Waals surface area (Å²) < 4.78 is 0. The number of aliphatic imine (C=N–C) groups is 1. The van der Waals surface area contributed by atoms with Gasteiger partial charge in [-0.05, 0) is 24.8 Å². The summed E-state index contributed by atoms with van der Waals surface area (Å²) in [6, 6.07) is 1.04. The molecule has 0 fully saturated rings. The van der Waals surface area contributed by atoms with Crippen molar-refractivity contribution in [2.45, 2.75) is 55.9 Å². The van der Waals surface area contributed by atoms with E-state index in [-0.39, 0.29) is 31.8 Å². The van der Waals surface area contributed by atoms with Gasteiger partial charge in [0.2, 0.25) is 23.6 Å². The molecule has 0 aliphatic heterocycles. The molecule has 0 saturated heterocycles. The third-order valence-electron chi connectivity index (χ3n) is 5.84. The van der Waals surface area contributed by atoms with E-state index < -0.39 is 85.4 Å². The topological polar surface area (TPSA) is 322 Å². The summed E-state index contributed by atoms with van der Waals surface area (Å²) >= 11 is 0. The van der Waals surface area contributed by atoms with Gasteiger partial charge in [0, 0.05) is 6.54 Å². The van der Waals surface area contributed by atoms with Gasteiger partial charge in [-0.15, -0.1) is 0 Å². The molecule has 5 atom stereocenters. The highest BCUT2D eigenvalue weighted by atomic mass is 16.4. The molecule has 0 spiro atoms. The summed E-state index contributed by atoms with van der Waals surface area (Å²) in [6.07, 6.45) is -0.841. The molecule has 238 valence electrons. The van der Waals surface area contributed by atoms with Crippen LogP contribution in [-0.4, -0.2) is 112 Å². The van der Waals surface area contributed by atoms with Gasteiger partial charge in [-0.3, -0.25) is 29.0 Å². The molecule has 0 bridgehead atoms. The SMILES string of the molecule is NC(N)=NCCC[C@H](NC(=O)[C@H](CC(=O)O)NC(=O)[C@H](CO)NC(=O)[C@H](CO)NC(=O)[C@@H](N)Cc1ccccc1)C(=O)O. The van der Waals surface area contributed by atoms with Gasteiger partial charge in [0.25, 0.3) is 0 Å². The first-order valence-electron chi connectivity index (χ1n) is 13.0. The molecule has 1 aromatic carbocycles. The van der Waals surface area contributed by atoms with Crippen LogP contribution < -0.4 is 38.5 Å². The van der Waals surface area contributed by atoms with E-state index in [1.807, 2.05) is 0 Å². The summed E-state index contributed by atoms with van der Waals surface area (Å²) in [5.74, 6) is -7.44. The number of aliphatic hydroxyl groups excluding tert-OH is 2. The van der Waals surface area contributed by atoms with E-state index in [1.54, 1.807) is 30.3 Å². The number of rotatable bonds is 19. The lowest BCUT2D eigenvalue weighted by molar-refractivity contribution is -0.144. The van der Waals surface area contributed by atoms with Crippen molar-refractivity contribution < 1.29 is 49.2 Å². The third-order valence-corrected chi connectivity index (χ3v) is 5.84. The number of hydrogen-bond acceptors (Lipinski definition) is 10. The van der Waals surface area contributed by atoms with Crippen molar-refractivity contribution in [3.8, 4) is 0 Å². The van der Waals surface area contributed by atoms with Crippen LogP contribution in [0.2, 0.25) is 0 Å². The number of aliphatic carboxylic acids is 2. The molecule has 18 heteroatoms. The Labute approximate surface area is 246 Å². The van der Waals surface area contributed by atoms with E-state index in [2.05, 4.69) is 26.3 Å². The van der Waals surface area contributed by atoms with Gasteiger partial charge in [0.1, 0.15) is 24.2 Å². The largest absolute Gasteiger partial charge is 0.481 e. The zero-order valence-electron chi connectivity index (χ0n) is 23.1. The fourth-order valence-corrected chi connectivity index (χ4v) is 3.59. The second-order valence-corrected chi connectivity index (χ2v) is 9.29. The number of carboxylic acid groups (broad SMARTS) is 2. The van der Waals surface area contributed by atoms with Crippen molar-refractivity contribution in [2.24, 2.45) is 22.2 Å². The van der Waals surface area contributed by atoms with Crippen molar-refractivity contribution in [3.63, 3.8) is 0 Å². The van der Waals surface area contributed by atoms with Crippen LogP contribution in [0.5, 0.6) is 0 Å². The molecule has 1 rings (SSSR count). The first-order chi connectivity index (χ1) is 20.3. The average Bonchev–Trinajstić information content (AvgIpc) is 2.95. The number of carboxylic acids is 2. The minimum atomic E-state index is -1.81. The van der Waals surface area contributed by atoms with Gasteiger partial charge in [-0.2, -0.15) is 0 Å². The van der Waals surface area contributed by atoms with E-state index >= 15 is 0 Å². The summed E-state index contributed by atoms with van der Waals surface area (Å²) in [7, 11) is 0. The van der Waals surface area contributed by atoms with Crippen LogP contribution in [0.15, 0.2) is 35.3 Å². The van der Waals surface area contributed by atoms with Crippen molar-refractivity contribution in [3.05, 3.63) is 35.9 Å². The lowest BCUT2D eigenvalue weighted by Crippen LogP contribution is -2.60. The van der Waals surface area contributed by atoms with E-state index in [9.17, 15) is 49.2 Å². The van der Waals surface area contributed by atoms with Gasteiger partial charge >= 0.3 is 11.9 Å². The van der Waals surface area contributed by atoms with Gasteiger partial charge < -0.3 is 58.9 Å². The second kappa shape index (κ2) is 18.6. The van der Waals surface area contributed by atoms with Gasteiger partial charge in [-0.1, -0.05) is 30.3 Å². The third kappa shape index (κ3) is 13.6. The van der Waals surface area contributed by atoms with Crippen LogP contribution in [0.1, 0.15) is 24.8 Å². The minimum Gasteiger partial charge on any atom is -0.481 e. The van der Waals surface area contributed by atoms with Gasteiger partial charge in [0.15, 0.2) is 5.96 Å². The molecular formula is C25H38N8O10. The molecule has 0 aliphatic rings. The Morgan fingerprint density at radius 2 is 1.23 bits per heavy atom. The molecule has 0 radical (unpaired) electrons. The van der Waals surface area contributed by atoms with Crippen LogP contribution in [-0.2, 0) is 35.2 Å². The fraction of sp³-hybridized carbons (Fsp3) is 0.480. The van der Waals surface area contributed by atoms with Crippen molar-refractivity contribution in [1.29, 1.82) is 0 Å². The summed E-state index contributed by atoms with van der Waals surface area (Å²) in [5, 5.41) is 46.4. The Balaban J connectivity index is 2.85. The molecule has 0 aromatic heterocycles. The fourth-order valence-electron chi connectivity index (χ4n) is 3.59. The molecule has 1 aromatic rings. The molecular weight excluding hydrogens is 572 g/mol. The van der Waals surface area contributed by atoms with Crippen molar-refractivity contribution in [1.82, 2.24) is 21.3 Å². The molecule has 0 aliphatic carbocycles. The van der Waals surface area contributed by atoms with Crippen LogP contribution in [0, 0.1) is 0 Å². The highest BCUT2D eigenvalue weighted by molar-refractivity contribution is 5.96. The van der Waals surface area contributed by atoms with Crippen LogP contribution >= 0.6 is 0 Å². The second-order valence-electron chi connectivity index (χ2n) is 9.29. The number of nitrogens with two attached hydrogens (primary N) is 3. The Morgan fingerprint density at radius 3 is 1.72 bits per heavy atom. The van der Waals surface area contributed by atoms with Gasteiger partial charge in [-0.25, -0.2) is 4.79 Å². The van der Waals surface area contributed by atoms with Crippen molar-refractivity contribution in [2.75, 3.05) is 19.8 Å². The number of amides is 4. The zero-order valence-corrected chi connectivity index (χ0v) is 23.1. The number of nitrogens with one attached hydrogen (secondary N) is 4. The Bertz CT molecular complexity index is 1150. The maximum absolute atomic E-state index is 12.8. The Kier molecular flexibility index (Phi) is 15.7. The summed E-state index contributed by atoms with van der Waals surface area (Å²) in [4.78, 5) is 77.2. The highest BCUT2D eigenvalue weighted by Gasteiger charge is 2.32. The zero-order chi connectivity index (χ0) is 32.5. The first-order valence-corrected chi connectivity index (χ1v) is 13.0. The molecule has 0 unspecified atom stereocenters. The number of carbonyl (C=O) groups excluding carboxylic acids is 4. The van der Waals surface area contributed by atoms with Crippen molar-refractivity contribution >= 4 is 41.5 Å². The summed E-state index contributed by atoms with van der Waals surface area (Å²) in [6.45, 7) is -1.87. The van der Waals surface area contributed by atoms with E-state index in [1.165, 1.54) is 0 Å². The Hall–Kier alpha value is -4.81. The molecule has 14 N–H and O–H groups in total. The Morgan fingerprint density at radius 1 is 0.744 bits per heavy atom. The van der Waals surface area contributed by atoms with Gasteiger partial charge in [0.05, 0.1) is 25.7 Å². The quantitative estimate of drug-likeness (QED) is 0.0398. The number of hydrogen-bond donors (Lipinski definition) is 11. The van der Waals surface area contributed by atoms with E-state index in [0.29, 0.717) is 0 Å². The molecule has 0 saturated carbocycles. The van der Waals surface area contributed by atoms with Crippen LogP contribution in [0.4, 0.5) is 0 Å². The predicted molar refractivity (Wildman–Crippen MR) is 150 cm³/mol. The predicted octanol–water partition coefficient (Wildman–Crippen LogP) is -4.91. The smallest absolute Gasteiger partial charge is 0.326 e. The average molecular weight is 611 g/mol. The maximum Gasteiger partial charge on any atom is 0.326 e. The number of carbonyl (C=O) groups is 6. The first kappa shape index (κ1) is 36.2. The number of guanidine groups is 1.